The summed E-state index contributed by atoms with van der Waals surface area (Å²) in [5, 5.41) is 0.559. The fourth-order valence-corrected chi connectivity index (χ4v) is 2.86. The van der Waals surface area contributed by atoms with Crippen LogP contribution < -0.4 is 4.74 Å². The van der Waals surface area contributed by atoms with E-state index in [9.17, 15) is 14.0 Å². The summed E-state index contributed by atoms with van der Waals surface area (Å²) < 4.78 is 23.8. The van der Waals surface area contributed by atoms with Crippen molar-refractivity contribution < 1.29 is 23.5 Å². The van der Waals surface area contributed by atoms with Gasteiger partial charge in [0.05, 0.1) is 5.56 Å². The van der Waals surface area contributed by atoms with Gasteiger partial charge >= 0.3 is 11.9 Å². The Labute approximate surface area is 176 Å². The van der Waals surface area contributed by atoms with Crippen molar-refractivity contribution in [3.8, 4) is 5.75 Å². The van der Waals surface area contributed by atoms with Gasteiger partial charge in [0.2, 0.25) is 5.90 Å². The minimum atomic E-state index is -0.692. The van der Waals surface area contributed by atoms with Crippen LogP contribution in [-0.4, -0.2) is 17.8 Å². The highest BCUT2D eigenvalue weighted by Gasteiger charge is 2.24. The van der Waals surface area contributed by atoms with E-state index in [4.69, 9.17) is 21.1 Å². The normalized spacial score (nSPS) is 14.4. The molecule has 0 aliphatic carbocycles. The maximum Gasteiger partial charge on any atom is 0.363 e. The zero-order chi connectivity index (χ0) is 21.1. The smallest absolute Gasteiger partial charge is 0.363 e. The van der Waals surface area contributed by atoms with Gasteiger partial charge in [-0.25, -0.2) is 19.0 Å². The van der Waals surface area contributed by atoms with Crippen LogP contribution in [0.15, 0.2) is 83.5 Å². The molecule has 0 saturated heterocycles. The molecule has 7 heteroatoms. The number of carbonyl (C=O) groups excluding carboxylic acids is 2. The van der Waals surface area contributed by atoms with Gasteiger partial charge in [0.25, 0.3) is 0 Å². The van der Waals surface area contributed by atoms with Crippen LogP contribution in [0, 0.1) is 5.82 Å². The van der Waals surface area contributed by atoms with E-state index >= 15 is 0 Å². The third kappa shape index (κ3) is 4.45. The standard InChI is InChI=1S/C23H13ClFNO4/c24-17-9-7-15(8-10-17)21-26-20(23(28)30-21)12-14-3-1-6-19(11-14)29-22(27)16-4-2-5-18(25)13-16/h1-13H. The first kappa shape index (κ1) is 19.5. The monoisotopic (exact) mass is 421 g/mol. The summed E-state index contributed by atoms with van der Waals surface area (Å²) >= 11 is 5.87. The average molecular weight is 422 g/mol. The average Bonchev–Trinajstić information content (AvgIpc) is 3.09. The van der Waals surface area contributed by atoms with Gasteiger partial charge in [-0.3, -0.25) is 0 Å². The summed E-state index contributed by atoms with van der Waals surface area (Å²) in [5.41, 5.74) is 1.39. The second-order valence-corrected chi connectivity index (χ2v) is 6.75. The minimum Gasteiger partial charge on any atom is -0.423 e. The van der Waals surface area contributed by atoms with Crippen molar-refractivity contribution in [1.29, 1.82) is 0 Å². The molecule has 0 N–H and O–H groups in total. The predicted octanol–water partition coefficient (Wildman–Crippen LogP) is 5.04. The highest BCUT2D eigenvalue weighted by Crippen LogP contribution is 2.22. The number of benzene rings is 3. The quantitative estimate of drug-likeness (QED) is 0.336. The van der Waals surface area contributed by atoms with E-state index in [1.807, 2.05) is 0 Å². The van der Waals surface area contributed by atoms with Crippen molar-refractivity contribution >= 4 is 35.5 Å². The van der Waals surface area contributed by atoms with Crippen LogP contribution in [0.5, 0.6) is 5.75 Å². The van der Waals surface area contributed by atoms with Gasteiger partial charge in [0, 0.05) is 10.6 Å². The summed E-state index contributed by atoms with van der Waals surface area (Å²) in [7, 11) is 0. The molecule has 0 fully saturated rings. The Balaban J connectivity index is 1.55. The van der Waals surface area contributed by atoms with Crippen molar-refractivity contribution in [2.75, 3.05) is 0 Å². The van der Waals surface area contributed by atoms with Crippen LogP contribution in [0.2, 0.25) is 5.02 Å². The lowest BCUT2D eigenvalue weighted by molar-refractivity contribution is -0.129. The second kappa shape index (κ2) is 8.31. The van der Waals surface area contributed by atoms with Crippen molar-refractivity contribution in [2.45, 2.75) is 0 Å². The number of nitrogens with zero attached hydrogens (tertiary/aromatic N) is 1. The Morgan fingerprint density at radius 3 is 2.57 bits per heavy atom. The fraction of sp³-hybridized carbons (Fsp3) is 0. The molecular weight excluding hydrogens is 409 g/mol. The van der Waals surface area contributed by atoms with Gasteiger partial charge in [0.15, 0.2) is 5.70 Å². The fourth-order valence-electron chi connectivity index (χ4n) is 2.73. The topological polar surface area (TPSA) is 65.0 Å². The number of carbonyl (C=O) groups is 2. The van der Waals surface area contributed by atoms with Crippen LogP contribution in [0.3, 0.4) is 0 Å². The molecule has 0 atom stereocenters. The Hall–Kier alpha value is -3.77. The molecule has 1 aliphatic rings. The van der Waals surface area contributed by atoms with E-state index in [0.717, 1.165) is 6.07 Å². The molecule has 0 bridgehead atoms. The molecule has 1 aliphatic heterocycles. The molecule has 0 unspecified atom stereocenters. The molecule has 3 aromatic rings. The Morgan fingerprint density at radius 1 is 1.03 bits per heavy atom. The van der Waals surface area contributed by atoms with Crippen molar-refractivity contribution in [1.82, 2.24) is 0 Å². The maximum absolute atomic E-state index is 13.3. The van der Waals surface area contributed by atoms with Gasteiger partial charge in [-0.15, -0.1) is 0 Å². The molecule has 0 amide bonds. The highest BCUT2D eigenvalue weighted by atomic mass is 35.5. The van der Waals surface area contributed by atoms with E-state index in [1.54, 1.807) is 48.5 Å². The predicted molar refractivity (Wildman–Crippen MR) is 110 cm³/mol. The van der Waals surface area contributed by atoms with Gasteiger partial charge in [0.1, 0.15) is 11.6 Å². The van der Waals surface area contributed by atoms with Crippen LogP contribution in [-0.2, 0) is 9.53 Å². The van der Waals surface area contributed by atoms with Gasteiger partial charge in [-0.2, -0.15) is 0 Å². The molecule has 3 aromatic carbocycles. The van der Waals surface area contributed by atoms with Gasteiger partial charge < -0.3 is 9.47 Å². The first-order valence-corrected chi connectivity index (χ1v) is 9.22. The molecule has 0 spiro atoms. The first-order valence-electron chi connectivity index (χ1n) is 8.84. The summed E-state index contributed by atoms with van der Waals surface area (Å²) in [5.74, 6) is -1.40. The van der Waals surface area contributed by atoms with Crippen molar-refractivity contribution in [3.05, 3.63) is 106 Å². The van der Waals surface area contributed by atoms with E-state index in [-0.39, 0.29) is 22.9 Å². The Kier molecular flexibility index (Phi) is 5.41. The lowest BCUT2D eigenvalue weighted by Gasteiger charge is -2.05. The zero-order valence-corrected chi connectivity index (χ0v) is 16.1. The second-order valence-electron chi connectivity index (χ2n) is 6.32. The Bertz CT molecular complexity index is 1200. The van der Waals surface area contributed by atoms with Gasteiger partial charge in [-0.1, -0.05) is 29.8 Å². The SMILES string of the molecule is O=C1OC(c2ccc(Cl)cc2)=NC1=Cc1cccc(OC(=O)c2cccc(F)c2)c1. The number of aliphatic imine (C=N–C) groups is 1. The van der Waals surface area contributed by atoms with Crippen molar-refractivity contribution in [2.24, 2.45) is 4.99 Å². The molecule has 0 saturated carbocycles. The number of cyclic esters (lactones) is 1. The van der Waals surface area contributed by atoms with Crippen LogP contribution in [0.25, 0.3) is 6.08 Å². The number of rotatable bonds is 4. The number of esters is 2. The van der Waals surface area contributed by atoms with Gasteiger partial charge in [-0.05, 0) is 66.2 Å². The third-order valence-electron chi connectivity index (χ3n) is 4.14. The number of ether oxygens (including phenoxy) is 2. The largest absolute Gasteiger partial charge is 0.423 e. The minimum absolute atomic E-state index is 0.0929. The number of hydrogen-bond acceptors (Lipinski definition) is 5. The zero-order valence-electron chi connectivity index (χ0n) is 15.3. The summed E-state index contributed by atoms with van der Waals surface area (Å²) in [6.45, 7) is 0. The summed E-state index contributed by atoms with van der Waals surface area (Å²) in [6, 6.07) is 18.5. The van der Waals surface area contributed by atoms with Crippen LogP contribution in [0.4, 0.5) is 4.39 Å². The van der Waals surface area contributed by atoms with Crippen LogP contribution >= 0.6 is 11.6 Å². The van der Waals surface area contributed by atoms with E-state index in [0.29, 0.717) is 16.1 Å². The van der Waals surface area contributed by atoms with E-state index in [2.05, 4.69) is 4.99 Å². The molecule has 148 valence electrons. The summed E-state index contributed by atoms with van der Waals surface area (Å²) in [4.78, 5) is 28.6. The van der Waals surface area contributed by atoms with Crippen LogP contribution in [0.1, 0.15) is 21.5 Å². The third-order valence-corrected chi connectivity index (χ3v) is 4.40. The maximum atomic E-state index is 13.3. The molecule has 30 heavy (non-hydrogen) atoms. The molecule has 0 aromatic heterocycles. The number of halogens is 2. The van der Waals surface area contributed by atoms with E-state index < -0.39 is 17.8 Å². The highest BCUT2D eigenvalue weighted by molar-refractivity contribution is 6.30. The molecule has 4 rings (SSSR count). The van der Waals surface area contributed by atoms with E-state index in [1.165, 1.54) is 24.3 Å². The summed E-state index contributed by atoms with van der Waals surface area (Å²) in [6.07, 6.45) is 1.52. The number of hydrogen-bond donors (Lipinski definition) is 0. The first-order chi connectivity index (χ1) is 14.5. The lowest BCUT2D eigenvalue weighted by Crippen LogP contribution is -2.08. The molecule has 1 heterocycles. The lowest BCUT2D eigenvalue weighted by atomic mass is 10.2. The van der Waals surface area contributed by atoms with Crippen molar-refractivity contribution in [3.63, 3.8) is 0 Å². The molecule has 0 radical (unpaired) electrons. The molecular formula is C23H13ClFNO4. The molecule has 5 nitrogen and oxygen atoms in total. The Morgan fingerprint density at radius 2 is 1.80 bits per heavy atom.